The predicted octanol–water partition coefficient (Wildman–Crippen LogP) is 4.22. The molecule has 0 aliphatic heterocycles. The summed E-state index contributed by atoms with van der Waals surface area (Å²) in [7, 11) is 0. The second kappa shape index (κ2) is 9.16. The Morgan fingerprint density at radius 3 is 1.39 bits per heavy atom. The molecule has 0 atom stereocenters. The summed E-state index contributed by atoms with van der Waals surface area (Å²) in [6, 6.07) is 10.9. The Kier molecular flexibility index (Phi) is 6.41. The van der Waals surface area contributed by atoms with Gasteiger partial charge in [-0.1, -0.05) is 24.3 Å². The summed E-state index contributed by atoms with van der Waals surface area (Å²) in [5.41, 5.74) is 0.250. The Morgan fingerprint density at radius 2 is 1.04 bits per heavy atom. The maximum absolute atomic E-state index is 13.6. The van der Waals surface area contributed by atoms with Gasteiger partial charge in [-0.15, -0.1) is 0 Å². The average molecular weight is 388 g/mol. The fraction of sp³-hybridized carbons (Fsp3) is 0.300. The zero-order chi connectivity index (χ0) is 19.9. The van der Waals surface area contributed by atoms with Crippen LogP contribution in [0.5, 0.6) is 0 Å². The molecule has 0 unspecified atom stereocenters. The van der Waals surface area contributed by atoms with Crippen LogP contribution < -0.4 is 21.3 Å². The maximum Gasteiger partial charge on any atom is 0.319 e. The van der Waals surface area contributed by atoms with E-state index in [1.54, 1.807) is 24.3 Å². The van der Waals surface area contributed by atoms with Crippen molar-refractivity contribution in [2.24, 2.45) is 0 Å². The van der Waals surface area contributed by atoms with Crippen molar-refractivity contribution in [2.45, 2.75) is 37.8 Å². The third kappa shape index (κ3) is 5.42. The predicted molar refractivity (Wildman–Crippen MR) is 103 cm³/mol. The molecule has 2 aromatic carbocycles. The summed E-state index contributed by atoms with van der Waals surface area (Å²) in [5.74, 6) is -0.988. The highest BCUT2D eigenvalue weighted by Crippen LogP contribution is 2.20. The van der Waals surface area contributed by atoms with Gasteiger partial charge in [0.1, 0.15) is 11.6 Å². The molecule has 1 saturated carbocycles. The van der Waals surface area contributed by atoms with Crippen LogP contribution in [-0.4, -0.2) is 24.1 Å². The lowest BCUT2D eigenvalue weighted by Crippen LogP contribution is -2.45. The SMILES string of the molecule is O=C(Nc1ccccc1F)NC1CCC(NC(=O)Nc2ccccc2F)CC1. The van der Waals surface area contributed by atoms with Gasteiger partial charge in [0.05, 0.1) is 11.4 Å². The third-order valence-corrected chi connectivity index (χ3v) is 4.64. The number of amides is 4. The topological polar surface area (TPSA) is 82.3 Å². The van der Waals surface area contributed by atoms with Gasteiger partial charge in [0.2, 0.25) is 0 Å². The lowest BCUT2D eigenvalue weighted by molar-refractivity contribution is 0.233. The van der Waals surface area contributed by atoms with Crippen LogP contribution in [0.1, 0.15) is 25.7 Å². The number of anilines is 2. The number of hydrogen-bond donors (Lipinski definition) is 4. The number of hydrogen-bond acceptors (Lipinski definition) is 2. The fourth-order valence-electron chi connectivity index (χ4n) is 3.19. The molecule has 0 heterocycles. The van der Waals surface area contributed by atoms with E-state index in [0.29, 0.717) is 25.7 Å². The Labute approximate surface area is 161 Å². The van der Waals surface area contributed by atoms with Crippen molar-refractivity contribution in [3.05, 3.63) is 60.2 Å². The standard InChI is InChI=1S/C20H22F2N4O2/c21-15-5-1-3-7-17(15)25-19(27)23-13-9-11-14(12-10-13)24-20(28)26-18-8-4-2-6-16(18)22/h1-8,13-14H,9-12H2,(H2,23,25,27)(H2,24,26,28). The summed E-state index contributed by atoms with van der Waals surface area (Å²) in [4.78, 5) is 24.0. The molecule has 0 bridgehead atoms. The Hall–Kier alpha value is -3.16. The summed E-state index contributed by atoms with van der Waals surface area (Å²) in [6.45, 7) is 0. The molecule has 6 nitrogen and oxygen atoms in total. The van der Waals surface area contributed by atoms with Gasteiger partial charge < -0.3 is 21.3 Å². The lowest BCUT2D eigenvalue weighted by Gasteiger charge is -2.29. The molecule has 0 aromatic heterocycles. The van der Waals surface area contributed by atoms with Crippen LogP contribution in [0.15, 0.2) is 48.5 Å². The van der Waals surface area contributed by atoms with Crippen molar-refractivity contribution in [1.82, 2.24) is 10.6 Å². The Morgan fingerprint density at radius 1 is 0.679 bits per heavy atom. The normalized spacial score (nSPS) is 18.8. The van der Waals surface area contributed by atoms with Crippen molar-refractivity contribution in [3.8, 4) is 0 Å². The first-order valence-electron chi connectivity index (χ1n) is 9.15. The van der Waals surface area contributed by atoms with Gasteiger partial charge >= 0.3 is 12.1 Å². The number of para-hydroxylation sites is 2. The van der Waals surface area contributed by atoms with Crippen molar-refractivity contribution in [3.63, 3.8) is 0 Å². The molecule has 4 N–H and O–H groups in total. The van der Waals surface area contributed by atoms with Crippen molar-refractivity contribution in [1.29, 1.82) is 0 Å². The molecule has 1 fully saturated rings. The van der Waals surface area contributed by atoms with Gasteiger partial charge in [0, 0.05) is 12.1 Å². The largest absolute Gasteiger partial charge is 0.335 e. The van der Waals surface area contributed by atoms with Crippen LogP contribution >= 0.6 is 0 Å². The molecule has 0 saturated heterocycles. The fourth-order valence-corrected chi connectivity index (χ4v) is 3.19. The van der Waals surface area contributed by atoms with Crippen molar-refractivity contribution >= 4 is 23.4 Å². The van der Waals surface area contributed by atoms with Crippen LogP contribution in [0.3, 0.4) is 0 Å². The maximum atomic E-state index is 13.6. The zero-order valence-electron chi connectivity index (χ0n) is 15.2. The molecule has 0 spiro atoms. The number of nitrogens with one attached hydrogen (secondary N) is 4. The quantitative estimate of drug-likeness (QED) is 0.633. The highest BCUT2D eigenvalue weighted by atomic mass is 19.1. The number of urea groups is 2. The van der Waals surface area contributed by atoms with E-state index in [9.17, 15) is 18.4 Å². The van der Waals surface area contributed by atoms with Gasteiger partial charge in [-0.25, -0.2) is 18.4 Å². The molecule has 1 aliphatic rings. The molecule has 2 aromatic rings. The van der Waals surface area contributed by atoms with Gasteiger partial charge in [0.25, 0.3) is 0 Å². The van der Waals surface area contributed by atoms with Gasteiger partial charge in [-0.3, -0.25) is 0 Å². The first-order chi connectivity index (χ1) is 13.5. The molecule has 148 valence electrons. The van der Waals surface area contributed by atoms with E-state index in [2.05, 4.69) is 21.3 Å². The number of halogens is 2. The van der Waals surface area contributed by atoms with E-state index in [0.717, 1.165) is 0 Å². The van der Waals surface area contributed by atoms with Gasteiger partial charge in [0.15, 0.2) is 0 Å². The first kappa shape index (κ1) is 19.6. The molecule has 1 aliphatic carbocycles. The van der Waals surface area contributed by atoms with E-state index in [1.165, 1.54) is 24.3 Å². The van der Waals surface area contributed by atoms with E-state index < -0.39 is 23.7 Å². The third-order valence-electron chi connectivity index (χ3n) is 4.64. The monoisotopic (exact) mass is 388 g/mol. The number of carbonyl (C=O) groups excluding carboxylic acids is 2. The summed E-state index contributed by atoms with van der Waals surface area (Å²) in [6.07, 6.45) is 2.70. The van der Waals surface area contributed by atoms with Crippen LogP contribution in [0.2, 0.25) is 0 Å². The minimum Gasteiger partial charge on any atom is -0.335 e. The van der Waals surface area contributed by atoms with Gasteiger partial charge in [-0.2, -0.15) is 0 Å². The van der Waals surface area contributed by atoms with Crippen LogP contribution in [0.25, 0.3) is 0 Å². The Balaban J connectivity index is 1.40. The van der Waals surface area contributed by atoms with Crippen LogP contribution in [0, 0.1) is 11.6 Å². The second-order valence-electron chi connectivity index (χ2n) is 6.71. The smallest absolute Gasteiger partial charge is 0.319 e. The Bertz CT molecular complexity index is 769. The molecule has 8 heteroatoms. The highest BCUT2D eigenvalue weighted by molar-refractivity contribution is 5.90. The van der Waals surface area contributed by atoms with E-state index in [1.807, 2.05) is 0 Å². The number of rotatable bonds is 4. The van der Waals surface area contributed by atoms with E-state index in [4.69, 9.17) is 0 Å². The second-order valence-corrected chi connectivity index (χ2v) is 6.71. The molecular formula is C20H22F2N4O2. The summed E-state index contributed by atoms with van der Waals surface area (Å²) >= 11 is 0. The lowest BCUT2D eigenvalue weighted by atomic mass is 9.91. The first-order valence-corrected chi connectivity index (χ1v) is 9.15. The average Bonchev–Trinajstić information content (AvgIpc) is 2.67. The van der Waals surface area contributed by atoms with E-state index >= 15 is 0 Å². The molecule has 3 rings (SSSR count). The van der Waals surface area contributed by atoms with E-state index in [-0.39, 0.29) is 23.5 Å². The summed E-state index contributed by atoms with van der Waals surface area (Å²) < 4.78 is 27.1. The zero-order valence-corrected chi connectivity index (χ0v) is 15.2. The molecule has 0 radical (unpaired) electrons. The summed E-state index contributed by atoms with van der Waals surface area (Å²) in [5, 5.41) is 10.6. The van der Waals surface area contributed by atoms with Crippen molar-refractivity contribution in [2.75, 3.05) is 10.6 Å². The van der Waals surface area contributed by atoms with Crippen LogP contribution in [0.4, 0.5) is 29.7 Å². The number of carbonyl (C=O) groups is 2. The molecular weight excluding hydrogens is 366 g/mol. The highest BCUT2D eigenvalue weighted by Gasteiger charge is 2.24. The van der Waals surface area contributed by atoms with Crippen molar-refractivity contribution < 1.29 is 18.4 Å². The minimum atomic E-state index is -0.494. The minimum absolute atomic E-state index is 0.0561. The van der Waals surface area contributed by atoms with Gasteiger partial charge in [-0.05, 0) is 49.9 Å². The van der Waals surface area contributed by atoms with Crippen LogP contribution in [-0.2, 0) is 0 Å². The molecule has 28 heavy (non-hydrogen) atoms. The number of benzene rings is 2. The molecule has 4 amide bonds.